The quantitative estimate of drug-likeness (QED) is 0.840. The van der Waals surface area contributed by atoms with Gasteiger partial charge >= 0.3 is 0 Å². The summed E-state index contributed by atoms with van der Waals surface area (Å²) in [6, 6.07) is 8.19. The fourth-order valence-electron chi connectivity index (χ4n) is 2.93. The molecule has 0 spiro atoms. The van der Waals surface area contributed by atoms with Gasteiger partial charge in [-0.3, -0.25) is 0 Å². The topological polar surface area (TPSA) is 26.0 Å². The maximum absolute atomic E-state index is 5.90. The number of nitrogens with two attached hydrogens (primary N) is 1. The van der Waals surface area contributed by atoms with E-state index in [1.165, 1.54) is 37.7 Å². The van der Waals surface area contributed by atoms with Crippen molar-refractivity contribution in [1.82, 2.24) is 0 Å². The number of halogens is 1. The normalized spacial score (nSPS) is 18.5. The Morgan fingerprint density at radius 3 is 2.41 bits per heavy atom. The third kappa shape index (κ3) is 4.01. The summed E-state index contributed by atoms with van der Waals surface area (Å²) in [7, 11) is 0. The second-order valence-electron chi connectivity index (χ2n) is 5.32. The highest BCUT2D eigenvalue weighted by Crippen LogP contribution is 2.31. The fraction of sp³-hybridized carbons (Fsp3) is 0.600. The summed E-state index contributed by atoms with van der Waals surface area (Å²) >= 11 is 5.89. The van der Waals surface area contributed by atoms with Gasteiger partial charge < -0.3 is 5.73 Å². The monoisotopic (exact) mass is 251 g/mol. The molecule has 0 radical (unpaired) electrons. The van der Waals surface area contributed by atoms with Crippen molar-refractivity contribution < 1.29 is 0 Å². The van der Waals surface area contributed by atoms with E-state index >= 15 is 0 Å². The van der Waals surface area contributed by atoms with Crippen LogP contribution in [0.5, 0.6) is 0 Å². The Hall–Kier alpha value is -0.530. The van der Waals surface area contributed by atoms with Crippen LogP contribution in [0.3, 0.4) is 0 Å². The molecular formula is C15H22ClN. The second kappa shape index (κ2) is 6.42. The van der Waals surface area contributed by atoms with Crippen molar-refractivity contribution in [1.29, 1.82) is 0 Å². The van der Waals surface area contributed by atoms with E-state index in [0.717, 1.165) is 23.9 Å². The summed E-state index contributed by atoms with van der Waals surface area (Å²) in [5.74, 6) is 1.56. The highest BCUT2D eigenvalue weighted by atomic mass is 35.5. The first-order chi connectivity index (χ1) is 8.28. The molecule has 1 aromatic rings. The Bertz CT molecular complexity index is 327. The molecule has 1 aromatic carbocycles. The maximum atomic E-state index is 5.90. The van der Waals surface area contributed by atoms with Crippen molar-refractivity contribution in [2.45, 2.75) is 38.5 Å². The molecule has 1 saturated carbocycles. The fourth-order valence-corrected chi connectivity index (χ4v) is 3.06. The summed E-state index contributed by atoms with van der Waals surface area (Å²) < 4.78 is 0. The molecule has 1 atom stereocenters. The predicted octanol–water partition coefficient (Wildman–Crippen LogP) is 4.04. The van der Waals surface area contributed by atoms with E-state index in [9.17, 15) is 0 Å². The van der Waals surface area contributed by atoms with Crippen LogP contribution < -0.4 is 5.73 Å². The van der Waals surface area contributed by atoms with Gasteiger partial charge in [-0.05, 0) is 48.9 Å². The van der Waals surface area contributed by atoms with Gasteiger partial charge in [-0.2, -0.15) is 0 Å². The summed E-state index contributed by atoms with van der Waals surface area (Å²) in [6.45, 7) is 0.805. The summed E-state index contributed by atoms with van der Waals surface area (Å²) in [5, 5.41) is 0.814. The molecule has 1 aliphatic rings. The molecule has 2 rings (SSSR count). The van der Waals surface area contributed by atoms with Crippen LogP contribution in [0.2, 0.25) is 5.02 Å². The van der Waals surface area contributed by atoms with Gasteiger partial charge in [0.25, 0.3) is 0 Å². The van der Waals surface area contributed by atoms with Gasteiger partial charge in [0.1, 0.15) is 0 Å². The van der Waals surface area contributed by atoms with Crippen LogP contribution in [0.1, 0.15) is 37.7 Å². The van der Waals surface area contributed by atoms with E-state index in [-0.39, 0.29) is 0 Å². The molecule has 0 aromatic heterocycles. The first kappa shape index (κ1) is 12.9. The third-order valence-electron chi connectivity index (χ3n) is 3.91. The second-order valence-corrected chi connectivity index (χ2v) is 5.75. The van der Waals surface area contributed by atoms with Gasteiger partial charge in [-0.15, -0.1) is 0 Å². The minimum absolute atomic E-state index is 0.638. The van der Waals surface area contributed by atoms with Crippen LogP contribution >= 0.6 is 11.6 Å². The zero-order chi connectivity index (χ0) is 12.1. The van der Waals surface area contributed by atoms with Gasteiger partial charge in [0.05, 0.1) is 0 Å². The van der Waals surface area contributed by atoms with Crippen LogP contribution in [-0.4, -0.2) is 6.54 Å². The molecule has 1 aliphatic carbocycles. The van der Waals surface area contributed by atoms with E-state index in [4.69, 9.17) is 17.3 Å². The highest BCUT2D eigenvalue weighted by Gasteiger charge is 2.19. The van der Waals surface area contributed by atoms with Crippen LogP contribution in [-0.2, 0) is 6.42 Å². The van der Waals surface area contributed by atoms with E-state index in [0.29, 0.717) is 5.92 Å². The van der Waals surface area contributed by atoms with Gasteiger partial charge in [-0.1, -0.05) is 49.4 Å². The average Bonchev–Trinajstić information content (AvgIpc) is 2.84. The lowest BCUT2D eigenvalue weighted by Gasteiger charge is -2.19. The van der Waals surface area contributed by atoms with Crippen LogP contribution in [0.15, 0.2) is 24.3 Å². The van der Waals surface area contributed by atoms with Crippen LogP contribution in [0.4, 0.5) is 0 Å². The lowest BCUT2D eigenvalue weighted by molar-refractivity contribution is 0.379. The maximum Gasteiger partial charge on any atom is 0.0406 e. The van der Waals surface area contributed by atoms with E-state index in [1.54, 1.807) is 0 Å². The van der Waals surface area contributed by atoms with Crippen molar-refractivity contribution in [3.8, 4) is 0 Å². The number of benzene rings is 1. The van der Waals surface area contributed by atoms with Crippen LogP contribution in [0, 0.1) is 11.8 Å². The van der Waals surface area contributed by atoms with E-state index in [1.807, 2.05) is 12.1 Å². The molecule has 1 fully saturated rings. The standard InChI is InChI=1S/C15H22ClN/c16-15-7-5-13(6-8-15)10-14(11-17)9-12-3-1-2-4-12/h5-8,12,14H,1-4,9-11,17H2. The smallest absolute Gasteiger partial charge is 0.0406 e. The Morgan fingerprint density at radius 1 is 1.18 bits per heavy atom. The minimum atomic E-state index is 0.638. The lowest BCUT2D eigenvalue weighted by atomic mass is 9.88. The van der Waals surface area contributed by atoms with E-state index in [2.05, 4.69) is 12.1 Å². The van der Waals surface area contributed by atoms with Crippen LogP contribution in [0.25, 0.3) is 0 Å². The number of hydrogen-bond donors (Lipinski definition) is 1. The molecular weight excluding hydrogens is 230 g/mol. The first-order valence-corrected chi connectivity index (χ1v) is 7.10. The first-order valence-electron chi connectivity index (χ1n) is 6.72. The van der Waals surface area contributed by atoms with Gasteiger partial charge in [0, 0.05) is 5.02 Å². The lowest BCUT2D eigenvalue weighted by Crippen LogP contribution is -2.19. The molecule has 2 heteroatoms. The zero-order valence-corrected chi connectivity index (χ0v) is 11.1. The van der Waals surface area contributed by atoms with E-state index < -0.39 is 0 Å². The largest absolute Gasteiger partial charge is 0.330 e. The SMILES string of the molecule is NCC(Cc1ccc(Cl)cc1)CC1CCCC1. The molecule has 94 valence electrons. The molecule has 2 N–H and O–H groups in total. The zero-order valence-electron chi connectivity index (χ0n) is 10.4. The van der Waals surface area contributed by atoms with Crippen molar-refractivity contribution in [2.75, 3.05) is 6.54 Å². The van der Waals surface area contributed by atoms with Crippen molar-refractivity contribution in [3.05, 3.63) is 34.9 Å². The Morgan fingerprint density at radius 2 is 1.82 bits per heavy atom. The Labute approximate surface area is 109 Å². The highest BCUT2D eigenvalue weighted by molar-refractivity contribution is 6.30. The third-order valence-corrected chi connectivity index (χ3v) is 4.16. The molecule has 0 bridgehead atoms. The van der Waals surface area contributed by atoms with Crippen molar-refractivity contribution in [2.24, 2.45) is 17.6 Å². The minimum Gasteiger partial charge on any atom is -0.330 e. The summed E-state index contributed by atoms with van der Waals surface area (Å²) in [5.41, 5.74) is 7.27. The molecule has 17 heavy (non-hydrogen) atoms. The van der Waals surface area contributed by atoms with Gasteiger partial charge in [0.2, 0.25) is 0 Å². The molecule has 0 saturated heterocycles. The summed E-state index contributed by atoms with van der Waals surface area (Å²) in [4.78, 5) is 0. The molecule has 0 aliphatic heterocycles. The Balaban J connectivity index is 1.87. The van der Waals surface area contributed by atoms with Crippen molar-refractivity contribution >= 4 is 11.6 Å². The predicted molar refractivity (Wildman–Crippen MR) is 74.3 cm³/mol. The molecule has 0 heterocycles. The Kier molecular flexibility index (Phi) is 4.87. The van der Waals surface area contributed by atoms with Gasteiger partial charge in [-0.25, -0.2) is 0 Å². The van der Waals surface area contributed by atoms with Crippen molar-refractivity contribution in [3.63, 3.8) is 0 Å². The summed E-state index contributed by atoms with van der Waals surface area (Å²) in [6.07, 6.45) is 8.07. The molecule has 1 unspecified atom stereocenters. The average molecular weight is 252 g/mol. The number of hydrogen-bond acceptors (Lipinski definition) is 1. The number of rotatable bonds is 5. The molecule has 1 nitrogen and oxygen atoms in total. The van der Waals surface area contributed by atoms with Gasteiger partial charge in [0.15, 0.2) is 0 Å². The molecule has 0 amide bonds.